The van der Waals surface area contributed by atoms with Crippen LogP contribution in [0.4, 0.5) is 0 Å². The first kappa shape index (κ1) is 17.1. The molecular weight excluding hydrogens is 350 g/mol. The van der Waals surface area contributed by atoms with Crippen molar-refractivity contribution >= 4 is 23.0 Å². The monoisotopic (exact) mass is 369 g/mol. The van der Waals surface area contributed by atoms with Gasteiger partial charge in [0.25, 0.3) is 5.91 Å². The molecule has 0 spiro atoms. The Labute approximate surface area is 156 Å². The maximum Gasteiger partial charge on any atom is 0.287 e. The van der Waals surface area contributed by atoms with Crippen molar-refractivity contribution in [3.63, 3.8) is 0 Å². The van der Waals surface area contributed by atoms with Gasteiger partial charge in [0, 0.05) is 22.8 Å². The number of aromatic nitrogens is 2. The van der Waals surface area contributed by atoms with Crippen LogP contribution in [0, 0.1) is 0 Å². The summed E-state index contributed by atoms with van der Waals surface area (Å²) in [7, 11) is 0. The van der Waals surface area contributed by atoms with Crippen LogP contribution in [0.1, 0.15) is 36.3 Å². The van der Waals surface area contributed by atoms with E-state index in [1.165, 1.54) is 0 Å². The normalized spacial score (nSPS) is 20.2. The van der Waals surface area contributed by atoms with Gasteiger partial charge in [-0.2, -0.15) is 0 Å². The average molecular weight is 370 g/mol. The standard InChI is InChI=1S/C20H20ClN3O2/c21-14-5-3-4-13(12-14)18-17-6-1-2-11-24(17)19(23-18)20(26)22-15-7-9-16(25)10-8-15/h1-6,11-12,15-16,25H,7-10H2,(H,22,26). The van der Waals surface area contributed by atoms with Crippen LogP contribution in [0.3, 0.4) is 0 Å². The van der Waals surface area contributed by atoms with Crippen molar-refractivity contribution in [1.29, 1.82) is 0 Å². The minimum Gasteiger partial charge on any atom is -0.393 e. The second kappa shape index (κ2) is 7.09. The lowest BCUT2D eigenvalue weighted by atomic mass is 9.93. The molecule has 1 aliphatic carbocycles. The van der Waals surface area contributed by atoms with E-state index in [1.807, 2.05) is 53.1 Å². The highest BCUT2D eigenvalue weighted by atomic mass is 35.5. The number of amides is 1. The maximum absolute atomic E-state index is 12.8. The van der Waals surface area contributed by atoms with Gasteiger partial charge in [0.15, 0.2) is 0 Å². The van der Waals surface area contributed by atoms with Crippen molar-refractivity contribution in [2.24, 2.45) is 0 Å². The van der Waals surface area contributed by atoms with E-state index in [1.54, 1.807) is 0 Å². The van der Waals surface area contributed by atoms with Gasteiger partial charge in [0.05, 0.1) is 17.3 Å². The molecule has 1 amide bonds. The fourth-order valence-corrected chi connectivity index (χ4v) is 3.71. The topological polar surface area (TPSA) is 66.6 Å². The van der Waals surface area contributed by atoms with E-state index in [0.717, 1.165) is 42.5 Å². The first-order valence-electron chi connectivity index (χ1n) is 8.84. The van der Waals surface area contributed by atoms with E-state index in [-0.39, 0.29) is 18.1 Å². The van der Waals surface area contributed by atoms with Crippen LogP contribution in [0.25, 0.3) is 16.8 Å². The van der Waals surface area contributed by atoms with E-state index in [0.29, 0.717) is 10.8 Å². The number of nitrogens with one attached hydrogen (secondary N) is 1. The molecule has 0 unspecified atom stereocenters. The minimum absolute atomic E-state index is 0.0802. The van der Waals surface area contributed by atoms with Crippen LogP contribution in [0.15, 0.2) is 48.7 Å². The largest absolute Gasteiger partial charge is 0.393 e. The molecule has 0 atom stereocenters. The highest BCUT2D eigenvalue weighted by molar-refractivity contribution is 6.30. The Bertz CT molecular complexity index is 945. The molecule has 26 heavy (non-hydrogen) atoms. The van der Waals surface area contributed by atoms with Crippen LogP contribution in [-0.2, 0) is 0 Å². The zero-order valence-electron chi connectivity index (χ0n) is 14.2. The number of imidazole rings is 1. The van der Waals surface area contributed by atoms with E-state index < -0.39 is 0 Å². The molecule has 2 N–H and O–H groups in total. The summed E-state index contributed by atoms with van der Waals surface area (Å²) < 4.78 is 1.81. The Morgan fingerprint density at radius 2 is 1.96 bits per heavy atom. The molecule has 5 nitrogen and oxygen atoms in total. The molecule has 2 aromatic heterocycles. The molecule has 0 saturated heterocycles. The van der Waals surface area contributed by atoms with E-state index in [9.17, 15) is 9.90 Å². The zero-order valence-corrected chi connectivity index (χ0v) is 15.0. The van der Waals surface area contributed by atoms with Crippen LogP contribution in [0.5, 0.6) is 0 Å². The lowest BCUT2D eigenvalue weighted by Crippen LogP contribution is -2.39. The van der Waals surface area contributed by atoms with E-state index in [4.69, 9.17) is 11.6 Å². The summed E-state index contributed by atoms with van der Waals surface area (Å²) in [6, 6.07) is 13.3. The molecule has 1 aliphatic rings. The second-order valence-corrected chi connectivity index (χ2v) is 7.17. The zero-order chi connectivity index (χ0) is 18.1. The fraction of sp³-hybridized carbons (Fsp3) is 0.300. The lowest BCUT2D eigenvalue weighted by Gasteiger charge is -2.25. The first-order valence-corrected chi connectivity index (χ1v) is 9.21. The predicted octanol–water partition coefficient (Wildman–Crippen LogP) is 3.69. The molecule has 134 valence electrons. The summed E-state index contributed by atoms with van der Waals surface area (Å²) >= 11 is 6.12. The summed E-state index contributed by atoms with van der Waals surface area (Å²) in [4.78, 5) is 17.5. The molecule has 1 aromatic carbocycles. The van der Waals surface area contributed by atoms with Gasteiger partial charge in [0.2, 0.25) is 5.82 Å². The number of fused-ring (bicyclic) bond motifs is 1. The van der Waals surface area contributed by atoms with Gasteiger partial charge >= 0.3 is 0 Å². The number of hydrogen-bond donors (Lipinski definition) is 2. The van der Waals surface area contributed by atoms with Gasteiger partial charge in [-0.15, -0.1) is 0 Å². The number of benzene rings is 1. The van der Waals surface area contributed by atoms with E-state index >= 15 is 0 Å². The molecule has 2 heterocycles. The van der Waals surface area contributed by atoms with Crippen LogP contribution >= 0.6 is 11.6 Å². The Morgan fingerprint density at radius 1 is 1.15 bits per heavy atom. The van der Waals surface area contributed by atoms with Gasteiger partial charge in [-0.3, -0.25) is 9.20 Å². The Morgan fingerprint density at radius 3 is 2.73 bits per heavy atom. The lowest BCUT2D eigenvalue weighted by molar-refractivity contribution is 0.0858. The summed E-state index contributed by atoms with van der Waals surface area (Å²) in [6.45, 7) is 0. The summed E-state index contributed by atoms with van der Waals surface area (Å²) in [6.07, 6.45) is 4.62. The number of hydrogen-bond acceptors (Lipinski definition) is 3. The number of aliphatic hydroxyl groups is 1. The Kier molecular flexibility index (Phi) is 4.66. The van der Waals surface area contributed by atoms with Crippen molar-refractivity contribution in [1.82, 2.24) is 14.7 Å². The van der Waals surface area contributed by atoms with Gasteiger partial charge in [-0.05, 0) is 49.9 Å². The molecule has 1 saturated carbocycles. The van der Waals surface area contributed by atoms with Crippen molar-refractivity contribution in [2.75, 3.05) is 0 Å². The van der Waals surface area contributed by atoms with Crippen molar-refractivity contribution in [2.45, 2.75) is 37.8 Å². The van der Waals surface area contributed by atoms with Crippen LogP contribution in [-0.4, -0.2) is 32.5 Å². The maximum atomic E-state index is 12.8. The molecule has 3 aromatic rings. The molecule has 0 bridgehead atoms. The third kappa shape index (κ3) is 3.32. The smallest absolute Gasteiger partial charge is 0.287 e. The highest BCUT2D eigenvalue weighted by Crippen LogP contribution is 2.27. The fourth-order valence-electron chi connectivity index (χ4n) is 3.52. The molecule has 6 heteroatoms. The Balaban J connectivity index is 1.68. The van der Waals surface area contributed by atoms with Gasteiger partial charge in [0.1, 0.15) is 0 Å². The summed E-state index contributed by atoms with van der Waals surface area (Å²) in [5, 5.41) is 13.3. The van der Waals surface area contributed by atoms with Crippen LogP contribution in [0.2, 0.25) is 5.02 Å². The number of carbonyl (C=O) groups excluding carboxylic acids is 1. The second-order valence-electron chi connectivity index (χ2n) is 6.73. The minimum atomic E-state index is -0.246. The number of rotatable bonds is 3. The number of pyridine rings is 1. The number of carbonyl (C=O) groups is 1. The van der Waals surface area contributed by atoms with Gasteiger partial charge in [-0.25, -0.2) is 4.98 Å². The average Bonchev–Trinajstić information content (AvgIpc) is 3.03. The van der Waals surface area contributed by atoms with Gasteiger partial charge < -0.3 is 10.4 Å². The number of aliphatic hydroxyl groups excluding tert-OH is 1. The summed E-state index contributed by atoms with van der Waals surface area (Å²) in [5.74, 6) is 0.169. The predicted molar refractivity (Wildman–Crippen MR) is 101 cm³/mol. The highest BCUT2D eigenvalue weighted by Gasteiger charge is 2.24. The first-order chi connectivity index (χ1) is 12.6. The van der Waals surface area contributed by atoms with E-state index in [2.05, 4.69) is 10.3 Å². The molecule has 0 radical (unpaired) electrons. The molecular formula is C20H20ClN3O2. The summed E-state index contributed by atoms with van der Waals surface area (Å²) in [5.41, 5.74) is 2.47. The number of halogens is 1. The van der Waals surface area contributed by atoms with Crippen molar-refractivity contribution in [3.05, 3.63) is 59.5 Å². The van der Waals surface area contributed by atoms with Crippen LogP contribution < -0.4 is 5.32 Å². The molecule has 0 aliphatic heterocycles. The molecule has 4 rings (SSSR count). The quantitative estimate of drug-likeness (QED) is 0.740. The number of nitrogens with zero attached hydrogens (tertiary/aromatic N) is 2. The third-order valence-corrected chi connectivity index (χ3v) is 5.12. The van der Waals surface area contributed by atoms with Crippen molar-refractivity contribution < 1.29 is 9.90 Å². The SMILES string of the molecule is O=C(NC1CCC(O)CC1)c1nc(-c2cccc(Cl)c2)c2ccccn12. The third-order valence-electron chi connectivity index (χ3n) is 4.88. The van der Waals surface area contributed by atoms with Gasteiger partial charge in [-0.1, -0.05) is 29.8 Å². The Hall–Kier alpha value is -2.37. The molecule has 1 fully saturated rings. The van der Waals surface area contributed by atoms with Crippen molar-refractivity contribution in [3.8, 4) is 11.3 Å².